The third kappa shape index (κ3) is 6.51. The lowest BCUT2D eigenvalue weighted by molar-refractivity contribution is 0.0526. The minimum absolute atomic E-state index is 0.0000615. The van der Waals surface area contributed by atoms with E-state index in [4.69, 9.17) is 9.47 Å². The number of amides is 2. The van der Waals surface area contributed by atoms with Gasteiger partial charge in [0.15, 0.2) is 0 Å². The number of ether oxygens (including phenoxy) is 2. The lowest BCUT2D eigenvalue weighted by Gasteiger charge is -2.37. The maximum absolute atomic E-state index is 13.2. The predicted octanol–water partition coefficient (Wildman–Crippen LogP) is 4.87. The van der Waals surface area contributed by atoms with Crippen molar-refractivity contribution in [2.24, 2.45) is 0 Å². The number of benzene rings is 3. The molecule has 0 atom stereocenters. The normalized spacial score (nSPS) is 13.3. The number of nitrogens with zero attached hydrogens (tertiary/aromatic N) is 2. The van der Waals surface area contributed by atoms with Gasteiger partial charge >= 0.3 is 5.97 Å². The highest BCUT2D eigenvalue weighted by atomic mass is 16.5. The molecule has 198 valence electrons. The van der Waals surface area contributed by atoms with Crippen LogP contribution in [0.3, 0.4) is 0 Å². The van der Waals surface area contributed by atoms with E-state index in [1.165, 1.54) is 0 Å². The molecule has 0 aromatic heterocycles. The number of esters is 1. The van der Waals surface area contributed by atoms with Gasteiger partial charge in [0.05, 0.1) is 29.6 Å². The van der Waals surface area contributed by atoms with Crippen LogP contribution < -0.4 is 15.0 Å². The lowest BCUT2D eigenvalue weighted by atomic mass is 10.1. The van der Waals surface area contributed by atoms with E-state index >= 15 is 0 Å². The Bertz CT molecular complexity index is 1280. The van der Waals surface area contributed by atoms with Crippen molar-refractivity contribution >= 4 is 29.2 Å². The number of hydrogen-bond acceptors (Lipinski definition) is 6. The zero-order valence-corrected chi connectivity index (χ0v) is 22.0. The summed E-state index contributed by atoms with van der Waals surface area (Å²) < 4.78 is 10.9. The zero-order valence-electron chi connectivity index (χ0n) is 22.0. The fraction of sp³-hybridized carbons (Fsp3) is 0.300. The second-order valence-electron chi connectivity index (χ2n) is 9.25. The van der Waals surface area contributed by atoms with Crippen molar-refractivity contribution in [1.29, 1.82) is 0 Å². The van der Waals surface area contributed by atoms with Gasteiger partial charge in [0, 0.05) is 37.3 Å². The number of rotatable bonds is 8. The van der Waals surface area contributed by atoms with Gasteiger partial charge in [0.2, 0.25) is 0 Å². The smallest absolute Gasteiger partial charge is 0.338 e. The molecule has 8 nitrogen and oxygen atoms in total. The zero-order chi connectivity index (χ0) is 27.1. The first kappa shape index (κ1) is 26.7. The first-order chi connectivity index (χ1) is 18.4. The van der Waals surface area contributed by atoms with E-state index in [0.717, 1.165) is 5.69 Å². The highest BCUT2D eigenvalue weighted by Crippen LogP contribution is 2.30. The number of hydrogen-bond donors (Lipinski definition) is 1. The van der Waals surface area contributed by atoms with E-state index in [9.17, 15) is 14.4 Å². The summed E-state index contributed by atoms with van der Waals surface area (Å²) >= 11 is 0. The summed E-state index contributed by atoms with van der Waals surface area (Å²) in [7, 11) is 0. The Labute approximate surface area is 223 Å². The van der Waals surface area contributed by atoms with Crippen LogP contribution >= 0.6 is 0 Å². The van der Waals surface area contributed by atoms with E-state index in [2.05, 4.69) is 10.2 Å². The minimum Gasteiger partial charge on any atom is -0.491 e. The fourth-order valence-electron chi connectivity index (χ4n) is 4.34. The second kappa shape index (κ2) is 12.3. The van der Waals surface area contributed by atoms with E-state index in [1.807, 2.05) is 55.1 Å². The number of piperazine rings is 1. The summed E-state index contributed by atoms with van der Waals surface area (Å²) in [6.45, 7) is 8.08. The molecule has 1 heterocycles. The fourth-order valence-corrected chi connectivity index (χ4v) is 4.34. The Kier molecular flexibility index (Phi) is 8.63. The van der Waals surface area contributed by atoms with Crippen LogP contribution in [0.2, 0.25) is 0 Å². The van der Waals surface area contributed by atoms with E-state index in [1.54, 1.807) is 43.3 Å². The van der Waals surface area contributed by atoms with Gasteiger partial charge in [-0.25, -0.2) is 4.79 Å². The third-order valence-corrected chi connectivity index (χ3v) is 6.15. The topological polar surface area (TPSA) is 88.2 Å². The number of nitrogens with one attached hydrogen (secondary N) is 1. The summed E-state index contributed by atoms with van der Waals surface area (Å²) in [5, 5.41) is 2.98. The maximum atomic E-state index is 13.2. The van der Waals surface area contributed by atoms with Crippen LogP contribution in [0.4, 0.5) is 11.4 Å². The molecule has 3 aromatic rings. The van der Waals surface area contributed by atoms with Crippen LogP contribution in [-0.4, -0.2) is 61.6 Å². The van der Waals surface area contributed by atoms with Gasteiger partial charge < -0.3 is 24.6 Å². The van der Waals surface area contributed by atoms with Gasteiger partial charge in [-0.05, 0) is 69.3 Å². The average molecular weight is 516 g/mol. The Balaban J connectivity index is 1.55. The van der Waals surface area contributed by atoms with Crippen molar-refractivity contribution in [3.63, 3.8) is 0 Å². The predicted molar refractivity (Wildman–Crippen MR) is 147 cm³/mol. The average Bonchev–Trinajstić information content (AvgIpc) is 2.93. The highest BCUT2D eigenvalue weighted by molar-refractivity contribution is 6.07. The molecule has 0 bridgehead atoms. The minimum atomic E-state index is -0.458. The summed E-state index contributed by atoms with van der Waals surface area (Å²) in [4.78, 5) is 42.5. The molecule has 1 aliphatic heterocycles. The number of carbonyl (C=O) groups is 3. The molecule has 0 unspecified atom stereocenters. The molecule has 1 fully saturated rings. The Hall–Kier alpha value is -4.33. The SMILES string of the molecule is CCOC(=O)c1ccc(N2CCN(C(=O)c3ccccc3)CC2)c(NC(=O)c2cccc(OC(C)C)c2)c1. The van der Waals surface area contributed by atoms with E-state index in [-0.39, 0.29) is 24.5 Å². The molecule has 4 rings (SSSR count). The van der Waals surface area contributed by atoms with Gasteiger partial charge in [0.25, 0.3) is 11.8 Å². The molecule has 0 aliphatic carbocycles. The molecule has 0 radical (unpaired) electrons. The molecule has 0 saturated carbocycles. The molecule has 1 aliphatic rings. The molecule has 0 spiro atoms. The van der Waals surface area contributed by atoms with Crippen LogP contribution in [0.1, 0.15) is 51.8 Å². The van der Waals surface area contributed by atoms with Crippen molar-refractivity contribution in [2.75, 3.05) is 43.0 Å². The monoisotopic (exact) mass is 515 g/mol. The van der Waals surface area contributed by atoms with Gasteiger partial charge in [0.1, 0.15) is 5.75 Å². The first-order valence-electron chi connectivity index (χ1n) is 12.8. The Morgan fingerprint density at radius 1 is 0.842 bits per heavy atom. The van der Waals surface area contributed by atoms with Crippen molar-refractivity contribution in [2.45, 2.75) is 26.9 Å². The van der Waals surface area contributed by atoms with Crippen molar-refractivity contribution in [3.05, 3.63) is 89.5 Å². The van der Waals surface area contributed by atoms with Gasteiger partial charge in [-0.1, -0.05) is 24.3 Å². The Morgan fingerprint density at radius 2 is 1.55 bits per heavy atom. The summed E-state index contributed by atoms with van der Waals surface area (Å²) in [5.41, 5.74) is 2.72. The number of anilines is 2. The molecule has 3 aromatic carbocycles. The van der Waals surface area contributed by atoms with E-state index in [0.29, 0.717) is 54.3 Å². The van der Waals surface area contributed by atoms with Crippen molar-refractivity contribution < 1.29 is 23.9 Å². The van der Waals surface area contributed by atoms with Crippen molar-refractivity contribution in [1.82, 2.24) is 4.90 Å². The molecular weight excluding hydrogens is 482 g/mol. The second-order valence-corrected chi connectivity index (χ2v) is 9.25. The molecule has 1 N–H and O–H groups in total. The van der Waals surface area contributed by atoms with Crippen LogP contribution in [0.25, 0.3) is 0 Å². The molecular formula is C30H33N3O5. The largest absolute Gasteiger partial charge is 0.491 e. The Morgan fingerprint density at radius 3 is 2.24 bits per heavy atom. The molecule has 38 heavy (non-hydrogen) atoms. The first-order valence-corrected chi connectivity index (χ1v) is 12.8. The van der Waals surface area contributed by atoms with Gasteiger partial charge in [-0.3, -0.25) is 9.59 Å². The maximum Gasteiger partial charge on any atom is 0.338 e. The quantitative estimate of drug-likeness (QED) is 0.431. The van der Waals surface area contributed by atoms with Gasteiger partial charge in [-0.15, -0.1) is 0 Å². The van der Waals surface area contributed by atoms with E-state index < -0.39 is 5.97 Å². The van der Waals surface area contributed by atoms with Crippen LogP contribution in [0.15, 0.2) is 72.8 Å². The molecule has 1 saturated heterocycles. The lowest BCUT2D eigenvalue weighted by Crippen LogP contribution is -2.49. The highest BCUT2D eigenvalue weighted by Gasteiger charge is 2.25. The molecule has 2 amide bonds. The summed E-state index contributed by atoms with van der Waals surface area (Å²) in [6.07, 6.45) is -0.0198. The van der Waals surface area contributed by atoms with Crippen LogP contribution in [0, 0.1) is 0 Å². The summed E-state index contributed by atoms with van der Waals surface area (Å²) in [6, 6.07) is 21.4. The summed E-state index contributed by atoms with van der Waals surface area (Å²) in [5.74, 6) is -0.174. The van der Waals surface area contributed by atoms with Crippen LogP contribution in [-0.2, 0) is 4.74 Å². The molecule has 8 heteroatoms. The number of carbonyl (C=O) groups excluding carboxylic acids is 3. The van der Waals surface area contributed by atoms with Gasteiger partial charge in [-0.2, -0.15) is 0 Å². The third-order valence-electron chi connectivity index (χ3n) is 6.15. The standard InChI is InChI=1S/C30H33N3O5/c1-4-37-30(36)24-13-14-27(32-15-17-33(18-16-32)29(35)22-9-6-5-7-10-22)26(20-24)31-28(34)23-11-8-12-25(19-23)38-21(2)3/h5-14,19-21H,4,15-18H2,1-3H3,(H,31,34). The van der Waals surface area contributed by atoms with Crippen molar-refractivity contribution in [3.8, 4) is 5.75 Å². The van der Waals surface area contributed by atoms with Crippen LogP contribution in [0.5, 0.6) is 5.75 Å².